The molecule has 2 heterocycles. The van der Waals surface area contributed by atoms with Gasteiger partial charge in [-0.05, 0) is 25.3 Å². The second-order valence-electron chi connectivity index (χ2n) is 6.27. The van der Waals surface area contributed by atoms with Crippen molar-refractivity contribution < 1.29 is 4.79 Å². The summed E-state index contributed by atoms with van der Waals surface area (Å²) in [6, 6.07) is 1.93. The Morgan fingerprint density at radius 3 is 2.55 bits per heavy atom. The fourth-order valence-electron chi connectivity index (χ4n) is 2.43. The topological polar surface area (TPSA) is 57.6 Å². The molecule has 5 nitrogen and oxygen atoms in total. The molecule has 2 aromatic heterocycles. The van der Waals surface area contributed by atoms with Crippen molar-refractivity contribution in [1.29, 1.82) is 0 Å². The molecule has 160 valence electrons. The van der Waals surface area contributed by atoms with Gasteiger partial charge in [0.05, 0.1) is 28.0 Å². The number of aromatic nitrogens is 1. The van der Waals surface area contributed by atoms with E-state index in [1.165, 1.54) is 24.2 Å². The zero-order chi connectivity index (χ0) is 22.2. The van der Waals surface area contributed by atoms with Crippen LogP contribution in [-0.2, 0) is 0 Å². The lowest BCUT2D eigenvalue weighted by molar-refractivity contribution is 0.112. The lowest BCUT2D eigenvalue weighted by Gasteiger charge is -2.14. The second-order valence-corrected chi connectivity index (χ2v) is 7.30. The van der Waals surface area contributed by atoms with Crippen molar-refractivity contribution in [2.24, 2.45) is 10.9 Å². The molecule has 0 saturated heterocycles. The Labute approximate surface area is 180 Å². The van der Waals surface area contributed by atoms with Gasteiger partial charge in [0, 0.05) is 26.5 Å². The highest BCUT2D eigenvalue weighted by atomic mass is 32.1. The number of anilines is 2. The maximum absolute atomic E-state index is 11.2. The van der Waals surface area contributed by atoms with Gasteiger partial charge in [-0.25, -0.2) is 9.98 Å². The van der Waals surface area contributed by atoms with Crippen LogP contribution in [0.3, 0.4) is 0 Å². The molecule has 0 spiro atoms. The van der Waals surface area contributed by atoms with E-state index in [1.54, 1.807) is 18.7 Å². The molecule has 2 rings (SSSR count). The molecule has 1 atom stereocenters. The fourth-order valence-corrected chi connectivity index (χ4v) is 3.37. The minimum atomic E-state index is 0.619. The Morgan fingerprint density at radius 2 is 2.07 bits per heavy atom. The van der Waals surface area contributed by atoms with Gasteiger partial charge in [0.15, 0.2) is 6.29 Å². The lowest BCUT2D eigenvalue weighted by Crippen LogP contribution is -2.09. The van der Waals surface area contributed by atoms with Crippen molar-refractivity contribution in [2.75, 3.05) is 24.3 Å². The third kappa shape index (κ3) is 8.60. The van der Waals surface area contributed by atoms with Crippen molar-refractivity contribution >= 4 is 45.6 Å². The molecule has 0 aromatic carbocycles. The van der Waals surface area contributed by atoms with Crippen LogP contribution >= 0.6 is 11.3 Å². The number of thiophene rings is 1. The summed E-state index contributed by atoms with van der Waals surface area (Å²) in [6.45, 7) is 14.0. The predicted octanol–water partition coefficient (Wildman–Crippen LogP) is 6.78. The number of allylic oxidation sites excluding steroid dienone is 2. The third-order valence-corrected chi connectivity index (χ3v) is 4.87. The highest BCUT2D eigenvalue weighted by Gasteiger charge is 2.16. The number of fused-ring (bicyclic) bond motifs is 1. The Hall–Kier alpha value is -2.47. The number of pyridine rings is 1. The van der Waals surface area contributed by atoms with Crippen molar-refractivity contribution in [3.8, 4) is 0 Å². The molecule has 0 aliphatic heterocycles. The number of carbonyl (C=O) groups excluding carboxylic acids is 1. The standard InChI is InChI=1S/C14H16N4OS.C7H14.C2H6/c1-4-6-15-9-17-13-11(8-19)20-14-12(13)10(18(2)3)5-7-16-14;1-4-6-7(3)5-2;1-2/h4-9H,1-3H3,(H,15,17);5,7H,2,4,6H2,1,3H3;1-2H3/b6-4+;;. The van der Waals surface area contributed by atoms with Gasteiger partial charge in [-0.1, -0.05) is 46.3 Å². The van der Waals surface area contributed by atoms with Crippen LogP contribution in [0.4, 0.5) is 11.4 Å². The molecule has 0 fully saturated rings. The van der Waals surface area contributed by atoms with Crippen LogP contribution in [0.15, 0.2) is 42.2 Å². The first-order valence-electron chi connectivity index (χ1n) is 10.1. The molecule has 0 radical (unpaired) electrons. The van der Waals surface area contributed by atoms with Crippen LogP contribution in [0, 0.1) is 5.92 Å². The number of rotatable bonds is 8. The first-order chi connectivity index (χ1) is 14.0. The van der Waals surface area contributed by atoms with Crippen molar-refractivity contribution in [1.82, 2.24) is 4.98 Å². The van der Waals surface area contributed by atoms with Crippen molar-refractivity contribution in [3.05, 3.63) is 42.1 Å². The summed E-state index contributed by atoms with van der Waals surface area (Å²) in [7, 11) is 3.93. The Balaban J connectivity index is 0.000000740. The average molecular weight is 417 g/mol. The lowest BCUT2D eigenvalue weighted by atomic mass is 10.1. The van der Waals surface area contributed by atoms with E-state index in [9.17, 15) is 4.79 Å². The summed E-state index contributed by atoms with van der Waals surface area (Å²) in [5.41, 5.74) is 1.77. The van der Waals surface area contributed by atoms with E-state index in [-0.39, 0.29) is 0 Å². The minimum absolute atomic E-state index is 0.619. The van der Waals surface area contributed by atoms with E-state index < -0.39 is 0 Å². The van der Waals surface area contributed by atoms with Crippen LogP contribution in [0.5, 0.6) is 0 Å². The summed E-state index contributed by atoms with van der Waals surface area (Å²) in [4.78, 5) is 23.1. The summed E-state index contributed by atoms with van der Waals surface area (Å²) in [6.07, 6.45) is 12.2. The number of nitrogens with zero attached hydrogens (tertiary/aromatic N) is 3. The molecule has 0 saturated carbocycles. The van der Waals surface area contributed by atoms with E-state index in [1.807, 2.05) is 58.0 Å². The smallest absolute Gasteiger partial charge is 0.162 e. The van der Waals surface area contributed by atoms with Crippen LogP contribution in [-0.4, -0.2) is 31.7 Å². The fraction of sp³-hybridized carbons (Fsp3) is 0.435. The van der Waals surface area contributed by atoms with Crippen LogP contribution in [0.25, 0.3) is 10.2 Å². The van der Waals surface area contributed by atoms with E-state index in [2.05, 4.69) is 35.7 Å². The first kappa shape index (κ1) is 26.5. The summed E-state index contributed by atoms with van der Waals surface area (Å²) >= 11 is 1.37. The van der Waals surface area contributed by atoms with Crippen molar-refractivity contribution in [3.63, 3.8) is 0 Å². The summed E-state index contributed by atoms with van der Waals surface area (Å²) in [5, 5.41) is 4.03. The molecule has 1 N–H and O–H groups in total. The van der Waals surface area contributed by atoms with Gasteiger partial charge in [0.2, 0.25) is 0 Å². The van der Waals surface area contributed by atoms with E-state index in [0.717, 1.165) is 27.9 Å². The molecule has 2 aromatic rings. The minimum Gasteiger partial charge on any atom is -0.377 e. The average Bonchev–Trinajstić information content (AvgIpc) is 3.11. The third-order valence-electron chi connectivity index (χ3n) is 3.85. The van der Waals surface area contributed by atoms with E-state index in [4.69, 9.17) is 0 Å². The predicted molar refractivity (Wildman–Crippen MR) is 132 cm³/mol. The summed E-state index contributed by atoms with van der Waals surface area (Å²) < 4.78 is 0. The quantitative estimate of drug-likeness (QED) is 0.223. The molecule has 0 aliphatic rings. The Kier molecular flexibility index (Phi) is 14.1. The Bertz CT molecular complexity index is 794. The zero-order valence-electron chi connectivity index (χ0n) is 18.9. The molecule has 29 heavy (non-hydrogen) atoms. The van der Waals surface area contributed by atoms with Crippen LogP contribution < -0.4 is 10.2 Å². The Morgan fingerprint density at radius 1 is 1.38 bits per heavy atom. The van der Waals surface area contributed by atoms with Gasteiger partial charge in [0.1, 0.15) is 4.83 Å². The molecule has 0 aliphatic carbocycles. The van der Waals surface area contributed by atoms with E-state index in [0.29, 0.717) is 10.8 Å². The molecule has 1 unspecified atom stereocenters. The SMILES string of the molecule is C/C=C/N=CNc1c(C=O)sc2nccc(N(C)C)c12.C=CC(C)CCC.CC. The van der Waals surface area contributed by atoms with Crippen molar-refractivity contribution in [2.45, 2.75) is 47.5 Å². The maximum Gasteiger partial charge on any atom is 0.162 e. The van der Waals surface area contributed by atoms with Gasteiger partial charge < -0.3 is 10.2 Å². The number of nitrogens with one attached hydrogen (secondary N) is 1. The number of hydrogen-bond acceptors (Lipinski definition) is 5. The molecule has 0 amide bonds. The number of aldehydes is 1. The van der Waals surface area contributed by atoms with Gasteiger partial charge >= 0.3 is 0 Å². The molecular formula is C23H36N4OS. The normalized spacial score (nSPS) is 11.4. The number of carbonyl (C=O) groups is 1. The van der Waals surface area contributed by atoms with Gasteiger partial charge in [0.25, 0.3) is 0 Å². The second kappa shape index (κ2) is 15.5. The summed E-state index contributed by atoms with van der Waals surface area (Å²) in [5.74, 6) is 0.713. The molecular weight excluding hydrogens is 380 g/mol. The number of aliphatic imine (C=N–C) groups is 1. The largest absolute Gasteiger partial charge is 0.377 e. The highest BCUT2D eigenvalue weighted by Crippen LogP contribution is 2.38. The zero-order valence-corrected chi connectivity index (χ0v) is 19.7. The highest BCUT2D eigenvalue weighted by molar-refractivity contribution is 7.21. The van der Waals surface area contributed by atoms with Gasteiger partial charge in [-0.3, -0.25) is 4.79 Å². The molecule has 6 heteroatoms. The van der Waals surface area contributed by atoms with E-state index >= 15 is 0 Å². The molecule has 0 bridgehead atoms. The van der Waals surface area contributed by atoms with Crippen LogP contribution in [0.2, 0.25) is 0 Å². The van der Waals surface area contributed by atoms with Gasteiger partial charge in [-0.15, -0.1) is 17.9 Å². The van der Waals surface area contributed by atoms with Gasteiger partial charge in [-0.2, -0.15) is 0 Å². The first-order valence-corrected chi connectivity index (χ1v) is 10.9. The number of hydrogen-bond donors (Lipinski definition) is 1. The maximum atomic E-state index is 11.2. The monoisotopic (exact) mass is 416 g/mol. The van der Waals surface area contributed by atoms with Crippen LogP contribution in [0.1, 0.15) is 57.1 Å².